The van der Waals surface area contributed by atoms with Crippen LogP contribution in [0.5, 0.6) is 0 Å². The average Bonchev–Trinajstić information content (AvgIpc) is 2.94. The summed E-state index contributed by atoms with van der Waals surface area (Å²) in [5.41, 5.74) is 0.449. The summed E-state index contributed by atoms with van der Waals surface area (Å²) in [5.74, 6) is 1.18. The van der Waals surface area contributed by atoms with Crippen molar-refractivity contribution in [1.29, 1.82) is 0 Å². The largest absolute Gasteiger partial charge is 0.375 e. The van der Waals surface area contributed by atoms with E-state index in [0.717, 1.165) is 18.6 Å². The number of hydrogen-bond acceptors (Lipinski definition) is 4. The lowest BCUT2D eigenvalue weighted by atomic mass is 10.3. The Bertz CT molecular complexity index is 467. The molecule has 1 fully saturated rings. The molecular weight excluding hydrogens is 235 g/mol. The first-order valence-corrected chi connectivity index (χ1v) is 6.50. The van der Waals surface area contributed by atoms with E-state index in [-0.39, 0.29) is 13.1 Å². The topological polar surface area (TPSA) is 63.4 Å². The van der Waals surface area contributed by atoms with Gasteiger partial charge in [-0.1, -0.05) is 16.0 Å². The fraction of sp³-hybridized carbons (Fsp3) is 0.667. The summed E-state index contributed by atoms with van der Waals surface area (Å²) < 4.78 is 40.0. The van der Waals surface area contributed by atoms with Crippen molar-refractivity contribution in [2.24, 2.45) is 0 Å². The summed E-state index contributed by atoms with van der Waals surface area (Å²) in [5, 5.41) is 3.73. The second kappa shape index (κ2) is 4.14. The van der Waals surface area contributed by atoms with Gasteiger partial charge in [-0.2, -0.15) is 12.7 Å². The van der Waals surface area contributed by atoms with E-state index in [1.807, 2.05) is 0 Å². The van der Waals surface area contributed by atoms with Crippen molar-refractivity contribution in [3.8, 4) is 0 Å². The molecule has 0 aliphatic heterocycles. The van der Waals surface area contributed by atoms with Crippen molar-refractivity contribution in [2.75, 3.05) is 6.54 Å². The van der Waals surface area contributed by atoms with Crippen LogP contribution in [-0.2, 0) is 17.0 Å². The molecule has 1 aliphatic rings. The van der Waals surface area contributed by atoms with Gasteiger partial charge >= 0.3 is 10.4 Å². The molecule has 7 heteroatoms. The first kappa shape index (κ1) is 11.5. The number of hydrogen-bond donors (Lipinski definition) is 0. The Morgan fingerprint density at radius 1 is 1.62 bits per heavy atom. The predicted molar refractivity (Wildman–Crippen MR) is 54.6 cm³/mol. The molecule has 1 aliphatic carbocycles. The summed E-state index contributed by atoms with van der Waals surface area (Å²) >= 11 is 0. The summed E-state index contributed by atoms with van der Waals surface area (Å²) in [6.45, 7) is 1.56. The van der Waals surface area contributed by atoms with E-state index in [0.29, 0.717) is 15.9 Å². The Morgan fingerprint density at radius 3 is 2.81 bits per heavy atom. The monoisotopic (exact) mass is 248 g/mol. The van der Waals surface area contributed by atoms with Crippen LogP contribution in [0.4, 0.5) is 3.89 Å². The van der Waals surface area contributed by atoms with E-state index >= 15 is 0 Å². The lowest BCUT2D eigenvalue weighted by molar-refractivity contribution is 0.353. The molecule has 0 spiro atoms. The third kappa shape index (κ3) is 2.59. The fourth-order valence-corrected chi connectivity index (χ4v) is 2.08. The van der Waals surface area contributed by atoms with Gasteiger partial charge in [0.2, 0.25) is 0 Å². The van der Waals surface area contributed by atoms with Gasteiger partial charge in [-0.3, -0.25) is 0 Å². The molecule has 90 valence electrons. The molecule has 0 saturated heterocycles. The SMILES string of the molecule is CCN(Cc1cc(C2CC2)on1)S(=O)(=O)F. The van der Waals surface area contributed by atoms with Crippen LogP contribution in [0.1, 0.15) is 37.1 Å². The normalized spacial score (nSPS) is 16.9. The van der Waals surface area contributed by atoms with E-state index in [2.05, 4.69) is 5.16 Å². The highest BCUT2D eigenvalue weighted by Gasteiger charge is 2.28. The van der Waals surface area contributed by atoms with Gasteiger partial charge in [-0.05, 0) is 12.8 Å². The Balaban J connectivity index is 2.06. The van der Waals surface area contributed by atoms with E-state index < -0.39 is 10.4 Å². The van der Waals surface area contributed by atoms with Crippen molar-refractivity contribution in [1.82, 2.24) is 9.46 Å². The molecule has 0 radical (unpaired) electrons. The van der Waals surface area contributed by atoms with Crippen LogP contribution in [0, 0.1) is 0 Å². The highest BCUT2D eigenvalue weighted by atomic mass is 32.3. The van der Waals surface area contributed by atoms with Crippen molar-refractivity contribution in [3.63, 3.8) is 0 Å². The lowest BCUT2D eigenvalue weighted by Crippen LogP contribution is -2.27. The molecule has 0 aromatic carbocycles. The second-order valence-electron chi connectivity index (χ2n) is 3.86. The van der Waals surface area contributed by atoms with Crippen LogP contribution in [-0.4, -0.2) is 24.4 Å². The zero-order valence-corrected chi connectivity index (χ0v) is 9.71. The molecule has 1 heterocycles. The van der Waals surface area contributed by atoms with E-state index in [4.69, 9.17) is 4.52 Å². The standard InChI is InChI=1S/C9H13FN2O3S/c1-2-12(16(10,13)14)6-8-5-9(15-11-8)7-3-4-7/h5,7H,2-4,6H2,1H3. The van der Waals surface area contributed by atoms with Gasteiger partial charge in [0.25, 0.3) is 0 Å². The van der Waals surface area contributed by atoms with Crippen molar-refractivity contribution in [2.45, 2.75) is 32.2 Å². The third-order valence-electron chi connectivity index (χ3n) is 2.56. The molecule has 2 rings (SSSR count). The summed E-state index contributed by atoms with van der Waals surface area (Å²) in [4.78, 5) is 0. The molecule has 1 aromatic heterocycles. The Hall–Kier alpha value is -0.950. The zero-order valence-electron chi connectivity index (χ0n) is 8.89. The first-order chi connectivity index (χ1) is 7.50. The summed E-state index contributed by atoms with van der Waals surface area (Å²) in [7, 11) is -4.66. The molecule has 0 atom stereocenters. The number of halogens is 1. The molecule has 0 bridgehead atoms. The highest BCUT2D eigenvalue weighted by molar-refractivity contribution is 7.83. The Kier molecular flexibility index (Phi) is 2.98. The number of nitrogens with zero attached hydrogens (tertiary/aromatic N) is 2. The molecule has 1 saturated carbocycles. The molecule has 0 unspecified atom stereocenters. The van der Waals surface area contributed by atoms with Gasteiger partial charge in [0.05, 0.1) is 12.2 Å². The minimum absolute atomic E-state index is 0.0739. The minimum Gasteiger partial charge on any atom is -0.361 e. The van der Waals surface area contributed by atoms with Crippen LogP contribution >= 0.6 is 0 Å². The lowest BCUT2D eigenvalue weighted by Gasteiger charge is -2.12. The Morgan fingerprint density at radius 2 is 2.31 bits per heavy atom. The molecule has 0 N–H and O–H groups in total. The number of aromatic nitrogens is 1. The van der Waals surface area contributed by atoms with Crippen LogP contribution in [0.3, 0.4) is 0 Å². The van der Waals surface area contributed by atoms with Gasteiger partial charge in [0, 0.05) is 18.5 Å². The van der Waals surface area contributed by atoms with Crippen molar-refractivity contribution < 1.29 is 16.8 Å². The maximum atomic E-state index is 12.8. The van der Waals surface area contributed by atoms with Crippen LogP contribution in [0.15, 0.2) is 10.6 Å². The molecule has 0 amide bonds. The number of rotatable bonds is 5. The van der Waals surface area contributed by atoms with Gasteiger partial charge in [-0.15, -0.1) is 0 Å². The molecule has 1 aromatic rings. The van der Waals surface area contributed by atoms with Crippen molar-refractivity contribution >= 4 is 10.4 Å². The maximum absolute atomic E-state index is 12.8. The first-order valence-electron chi connectivity index (χ1n) is 5.16. The predicted octanol–water partition coefficient (Wildman–Crippen LogP) is 1.59. The maximum Gasteiger partial charge on any atom is 0.375 e. The van der Waals surface area contributed by atoms with Gasteiger partial charge in [0.15, 0.2) is 0 Å². The highest BCUT2D eigenvalue weighted by Crippen LogP contribution is 2.40. The zero-order chi connectivity index (χ0) is 11.8. The van der Waals surface area contributed by atoms with Crippen molar-refractivity contribution in [3.05, 3.63) is 17.5 Å². The van der Waals surface area contributed by atoms with Crippen LogP contribution < -0.4 is 0 Å². The van der Waals surface area contributed by atoms with Crippen LogP contribution in [0.25, 0.3) is 0 Å². The third-order valence-corrected chi connectivity index (χ3v) is 3.56. The van der Waals surface area contributed by atoms with E-state index in [1.165, 1.54) is 0 Å². The van der Waals surface area contributed by atoms with E-state index in [9.17, 15) is 12.3 Å². The minimum atomic E-state index is -4.66. The Labute approximate surface area is 93.6 Å². The summed E-state index contributed by atoms with van der Waals surface area (Å²) in [6.07, 6.45) is 2.15. The van der Waals surface area contributed by atoms with Gasteiger partial charge < -0.3 is 4.52 Å². The summed E-state index contributed by atoms with van der Waals surface area (Å²) in [6, 6.07) is 1.70. The quantitative estimate of drug-likeness (QED) is 0.742. The molecular formula is C9H13FN2O3S. The van der Waals surface area contributed by atoms with Gasteiger partial charge in [0.1, 0.15) is 5.76 Å². The van der Waals surface area contributed by atoms with Gasteiger partial charge in [-0.25, -0.2) is 0 Å². The smallest absolute Gasteiger partial charge is 0.361 e. The van der Waals surface area contributed by atoms with E-state index in [1.54, 1.807) is 13.0 Å². The average molecular weight is 248 g/mol. The molecule has 5 nitrogen and oxygen atoms in total. The fourth-order valence-electron chi connectivity index (χ4n) is 1.49. The van der Waals surface area contributed by atoms with Crippen LogP contribution in [0.2, 0.25) is 0 Å². The second-order valence-corrected chi connectivity index (χ2v) is 5.20. The molecule has 16 heavy (non-hydrogen) atoms.